The molecule has 106 valence electrons. The SMILES string of the molecule is CC(C)N(C(=O)CCBr)c1ccc(C(F)(F)F)cc1. The second kappa shape index (κ2) is 6.41. The quantitative estimate of drug-likeness (QED) is 0.753. The Hall–Kier alpha value is -1.04. The number of anilines is 1. The Morgan fingerprint density at radius 2 is 1.79 bits per heavy atom. The molecule has 1 aromatic carbocycles. The lowest BCUT2D eigenvalue weighted by Gasteiger charge is -2.27. The zero-order valence-corrected chi connectivity index (χ0v) is 12.3. The summed E-state index contributed by atoms with van der Waals surface area (Å²) in [5.41, 5.74) is -0.234. The van der Waals surface area contributed by atoms with E-state index in [-0.39, 0.29) is 11.9 Å². The van der Waals surface area contributed by atoms with E-state index in [9.17, 15) is 18.0 Å². The first-order chi connectivity index (χ1) is 8.77. The molecule has 1 rings (SSSR count). The van der Waals surface area contributed by atoms with Crippen LogP contribution in [0.25, 0.3) is 0 Å². The number of hydrogen-bond acceptors (Lipinski definition) is 1. The normalized spacial score (nSPS) is 11.7. The van der Waals surface area contributed by atoms with E-state index in [1.807, 2.05) is 13.8 Å². The lowest BCUT2D eigenvalue weighted by atomic mass is 10.1. The van der Waals surface area contributed by atoms with Gasteiger partial charge in [-0.3, -0.25) is 4.79 Å². The van der Waals surface area contributed by atoms with E-state index in [2.05, 4.69) is 15.9 Å². The third-order valence-electron chi connectivity index (χ3n) is 2.57. The van der Waals surface area contributed by atoms with Gasteiger partial charge in [0.2, 0.25) is 5.91 Å². The lowest BCUT2D eigenvalue weighted by molar-refractivity contribution is -0.137. The Morgan fingerprint density at radius 3 is 2.16 bits per heavy atom. The summed E-state index contributed by atoms with van der Waals surface area (Å²) >= 11 is 3.18. The van der Waals surface area contributed by atoms with Crippen LogP contribution in [0.2, 0.25) is 0 Å². The van der Waals surface area contributed by atoms with Crippen molar-refractivity contribution in [3.8, 4) is 0 Å². The van der Waals surface area contributed by atoms with Crippen molar-refractivity contribution in [2.45, 2.75) is 32.5 Å². The van der Waals surface area contributed by atoms with Gasteiger partial charge in [-0.25, -0.2) is 0 Å². The number of carbonyl (C=O) groups is 1. The van der Waals surface area contributed by atoms with E-state index in [4.69, 9.17) is 0 Å². The number of amides is 1. The molecule has 1 aromatic rings. The van der Waals surface area contributed by atoms with Gasteiger partial charge in [0.1, 0.15) is 0 Å². The predicted octanol–water partition coefficient (Wildman–Crippen LogP) is 4.23. The molecule has 0 saturated heterocycles. The first-order valence-electron chi connectivity index (χ1n) is 5.82. The van der Waals surface area contributed by atoms with E-state index in [0.717, 1.165) is 12.1 Å². The van der Waals surface area contributed by atoms with Crippen LogP contribution in [0.15, 0.2) is 24.3 Å². The van der Waals surface area contributed by atoms with Gasteiger partial charge in [-0.1, -0.05) is 15.9 Å². The van der Waals surface area contributed by atoms with Crippen molar-refractivity contribution >= 4 is 27.5 Å². The van der Waals surface area contributed by atoms with E-state index in [1.54, 1.807) is 0 Å². The number of rotatable bonds is 4. The highest BCUT2D eigenvalue weighted by molar-refractivity contribution is 9.09. The van der Waals surface area contributed by atoms with Crippen LogP contribution >= 0.6 is 15.9 Å². The average molecular weight is 338 g/mol. The van der Waals surface area contributed by atoms with Crippen LogP contribution in [0.3, 0.4) is 0 Å². The third kappa shape index (κ3) is 4.23. The third-order valence-corrected chi connectivity index (χ3v) is 2.96. The fraction of sp³-hybridized carbons (Fsp3) is 0.462. The average Bonchev–Trinajstić information content (AvgIpc) is 2.28. The van der Waals surface area contributed by atoms with E-state index < -0.39 is 11.7 Å². The predicted molar refractivity (Wildman–Crippen MR) is 72.5 cm³/mol. The smallest absolute Gasteiger partial charge is 0.310 e. The second-order valence-electron chi connectivity index (χ2n) is 4.34. The minimum absolute atomic E-state index is 0.108. The molecule has 0 aliphatic heterocycles. The minimum atomic E-state index is -4.36. The van der Waals surface area contributed by atoms with E-state index >= 15 is 0 Å². The number of halogens is 4. The molecule has 0 fully saturated rings. The fourth-order valence-corrected chi connectivity index (χ4v) is 2.08. The minimum Gasteiger partial charge on any atom is -0.310 e. The molecule has 6 heteroatoms. The van der Waals surface area contributed by atoms with Crippen molar-refractivity contribution in [2.75, 3.05) is 10.2 Å². The largest absolute Gasteiger partial charge is 0.416 e. The van der Waals surface area contributed by atoms with Crippen molar-refractivity contribution in [1.29, 1.82) is 0 Å². The summed E-state index contributed by atoms with van der Waals surface area (Å²) in [6, 6.07) is 4.53. The lowest BCUT2D eigenvalue weighted by Crippen LogP contribution is -2.37. The molecule has 0 heterocycles. The van der Waals surface area contributed by atoms with Crippen LogP contribution in [-0.2, 0) is 11.0 Å². The number of benzene rings is 1. The van der Waals surface area contributed by atoms with Crippen LogP contribution in [-0.4, -0.2) is 17.3 Å². The monoisotopic (exact) mass is 337 g/mol. The zero-order valence-electron chi connectivity index (χ0n) is 10.7. The van der Waals surface area contributed by atoms with Crippen LogP contribution in [0.1, 0.15) is 25.8 Å². The highest BCUT2D eigenvalue weighted by atomic mass is 79.9. The molecular weight excluding hydrogens is 323 g/mol. The van der Waals surface area contributed by atoms with Gasteiger partial charge >= 0.3 is 6.18 Å². The summed E-state index contributed by atoms with van der Waals surface area (Å²) in [5.74, 6) is -0.119. The number of hydrogen-bond donors (Lipinski definition) is 0. The Bertz CT molecular complexity index is 429. The summed E-state index contributed by atoms with van der Waals surface area (Å²) in [6.45, 7) is 3.65. The molecule has 0 aliphatic rings. The van der Waals surface area contributed by atoms with Crippen molar-refractivity contribution in [3.05, 3.63) is 29.8 Å². The molecule has 0 N–H and O–H groups in total. The molecule has 0 aromatic heterocycles. The molecule has 0 radical (unpaired) electrons. The Balaban J connectivity index is 3.02. The molecule has 19 heavy (non-hydrogen) atoms. The number of nitrogens with zero attached hydrogens (tertiary/aromatic N) is 1. The summed E-state index contributed by atoms with van der Waals surface area (Å²) < 4.78 is 37.4. The fourth-order valence-electron chi connectivity index (χ4n) is 1.74. The number of alkyl halides is 4. The van der Waals surface area contributed by atoms with Gasteiger partial charge in [0.15, 0.2) is 0 Å². The molecule has 0 aliphatic carbocycles. The maximum atomic E-state index is 12.5. The summed E-state index contributed by atoms with van der Waals surface area (Å²) in [6.07, 6.45) is -4.06. The van der Waals surface area contributed by atoms with Crippen molar-refractivity contribution in [1.82, 2.24) is 0 Å². The second-order valence-corrected chi connectivity index (χ2v) is 5.13. The molecule has 0 atom stereocenters. The van der Waals surface area contributed by atoms with E-state index in [0.29, 0.717) is 17.4 Å². The first kappa shape index (κ1) is 16.0. The van der Waals surface area contributed by atoms with Crippen molar-refractivity contribution < 1.29 is 18.0 Å². The van der Waals surface area contributed by atoms with Crippen LogP contribution in [0.4, 0.5) is 18.9 Å². The Labute approximate surface area is 118 Å². The summed E-state index contributed by atoms with van der Waals surface area (Å²) in [4.78, 5) is 13.4. The number of carbonyl (C=O) groups excluding carboxylic acids is 1. The highest BCUT2D eigenvalue weighted by Gasteiger charge is 2.30. The van der Waals surface area contributed by atoms with Gasteiger partial charge in [-0.05, 0) is 38.1 Å². The molecule has 0 spiro atoms. The maximum absolute atomic E-state index is 12.5. The topological polar surface area (TPSA) is 20.3 Å². The molecule has 1 amide bonds. The maximum Gasteiger partial charge on any atom is 0.416 e. The molecule has 2 nitrogen and oxygen atoms in total. The van der Waals surface area contributed by atoms with E-state index in [1.165, 1.54) is 17.0 Å². The van der Waals surface area contributed by atoms with Gasteiger partial charge in [-0.2, -0.15) is 13.2 Å². The molecule has 0 saturated carbocycles. The van der Waals surface area contributed by atoms with Crippen LogP contribution < -0.4 is 4.90 Å². The van der Waals surface area contributed by atoms with Gasteiger partial charge in [-0.15, -0.1) is 0 Å². The van der Waals surface area contributed by atoms with Crippen molar-refractivity contribution in [2.24, 2.45) is 0 Å². The Morgan fingerprint density at radius 1 is 1.26 bits per heavy atom. The Kier molecular flexibility index (Phi) is 5.40. The summed E-state index contributed by atoms with van der Waals surface area (Å²) in [5, 5.41) is 0.524. The van der Waals surface area contributed by atoms with Crippen molar-refractivity contribution in [3.63, 3.8) is 0 Å². The van der Waals surface area contributed by atoms with Gasteiger partial charge in [0.25, 0.3) is 0 Å². The molecule has 0 bridgehead atoms. The molecule has 0 unspecified atom stereocenters. The first-order valence-corrected chi connectivity index (χ1v) is 6.94. The standard InChI is InChI=1S/C13H15BrF3NO/c1-9(2)18(12(19)7-8-14)11-5-3-10(4-6-11)13(15,16)17/h3-6,9H,7-8H2,1-2H3. The molecular formula is C13H15BrF3NO. The van der Waals surface area contributed by atoms with Gasteiger partial charge in [0.05, 0.1) is 5.56 Å². The van der Waals surface area contributed by atoms with Crippen LogP contribution in [0.5, 0.6) is 0 Å². The van der Waals surface area contributed by atoms with Gasteiger partial charge in [0, 0.05) is 23.5 Å². The van der Waals surface area contributed by atoms with Crippen LogP contribution in [0, 0.1) is 0 Å². The van der Waals surface area contributed by atoms with Gasteiger partial charge < -0.3 is 4.90 Å². The zero-order chi connectivity index (χ0) is 14.6. The highest BCUT2D eigenvalue weighted by Crippen LogP contribution is 2.31. The summed E-state index contributed by atoms with van der Waals surface area (Å²) in [7, 11) is 0.